The molecule has 0 unspecified atom stereocenters. The maximum Gasteiger partial charge on any atom is 0.192 e. The molecule has 0 aromatic heterocycles. The zero-order chi connectivity index (χ0) is 9.45. The van der Waals surface area contributed by atoms with Crippen molar-refractivity contribution in [2.75, 3.05) is 0 Å². The predicted octanol–water partition coefficient (Wildman–Crippen LogP) is 2.19. The first kappa shape index (κ1) is 10.9. The number of hydrogen-bond donors (Lipinski definition) is 0. The molecular formula is C9H12O2S. The van der Waals surface area contributed by atoms with Crippen molar-refractivity contribution in [2.24, 2.45) is 0 Å². The molecule has 3 heteroatoms. The number of sulfone groups is 1. The SMILES string of the molecule is C=C/C=C/C=C/S(=O)(=O)/C=C/C. The van der Waals surface area contributed by atoms with Gasteiger partial charge in [-0.3, -0.25) is 0 Å². The lowest BCUT2D eigenvalue weighted by Crippen LogP contribution is -1.86. The van der Waals surface area contributed by atoms with Crippen LogP contribution in [-0.2, 0) is 9.84 Å². The van der Waals surface area contributed by atoms with E-state index in [2.05, 4.69) is 6.58 Å². The van der Waals surface area contributed by atoms with E-state index < -0.39 is 9.84 Å². The first-order chi connectivity index (χ1) is 5.62. The van der Waals surface area contributed by atoms with Gasteiger partial charge in [0.2, 0.25) is 0 Å². The van der Waals surface area contributed by atoms with Crippen LogP contribution in [0.15, 0.2) is 47.8 Å². The van der Waals surface area contributed by atoms with Crippen LogP contribution < -0.4 is 0 Å². The highest BCUT2D eigenvalue weighted by atomic mass is 32.2. The van der Waals surface area contributed by atoms with Gasteiger partial charge in [-0.25, -0.2) is 8.42 Å². The molecular weight excluding hydrogens is 172 g/mol. The van der Waals surface area contributed by atoms with Crippen molar-refractivity contribution in [1.82, 2.24) is 0 Å². The van der Waals surface area contributed by atoms with Crippen molar-refractivity contribution in [3.05, 3.63) is 47.8 Å². The van der Waals surface area contributed by atoms with E-state index in [9.17, 15) is 8.42 Å². The minimum atomic E-state index is -3.16. The van der Waals surface area contributed by atoms with Gasteiger partial charge in [0.1, 0.15) is 0 Å². The summed E-state index contributed by atoms with van der Waals surface area (Å²) in [5.41, 5.74) is 0. The highest BCUT2D eigenvalue weighted by Crippen LogP contribution is 1.94. The minimum absolute atomic E-state index is 1.13. The normalized spacial score (nSPS) is 13.4. The third-order valence-electron chi connectivity index (χ3n) is 0.952. The van der Waals surface area contributed by atoms with Gasteiger partial charge in [0.05, 0.1) is 0 Å². The fourth-order valence-corrected chi connectivity index (χ4v) is 1.31. The predicted molar refractivity (Wildman–Crippen MR) is 52.2 cm³/mol. The summed E-state index contributed by atoms with van der Waals surface area (Å²) in [6.45, 7) is 5.10. The first-order valence-corrected chi connectivity index (χ1v) is 5.07. The molecule has 0 spiro atoms. The van der Waals surface area contributed by atoms with E-state index in [0.29, 0.717) is 0 Å². The van der Waals surface area contributed by atoms with Gasteiger partial charge in [-0.1, -0.05) is 37.0 Å². The van der Waals surface area contributed by atoms with Gasteiger partial charge in [0, 0.05) is 10.8 Å². The van der Waals surface area contributed by atoms with Gasteiger partial charge >= 0.3 is 0 Å². The van der Waals surface area contributed by atoms with Gasteiger partial charge in [-0.05, 0) is 6.92 Å². The van der Waals surface area contributed by atoms with Crippen molar-refractivity contribution in [3.8, 4) is 0 Å². The highest BCUT2D eigenvalue weighted by molar-refractivity contribution is 7.97. The summed E-state index contributed by atoms with van der Waals surface area (Å²) in [4.78, 5) is 0. The quantitative estimate of drug-likeness (QED) is 0.628. The molecule has 0 aliphatic rings. The second kappa shape index (κ2) is 5.55. The van der Waals surface area contributed by atoms with Crippen molar-refractivity contribution >= 4 is 9.84 Å². The average Bonchev–Trinajstić information content (AvgIpc) is 1.98. The Hall–Kier alpha value is -1.09. The molecule has 0 aliphatic heterocycles. The zero-order valence-corrected chi connectivity index (χ0v) is 7.79. The summed E-state index contributed by atoms with van der Waals surface area (Å²) >= 11 is 0. The van der Waals surface area contributed by atoms with Crippen molar-refractivity contribution in [3.63, 3.8) is 0 Å². The Bertz CT molecular complexity index is 305. The van der Waals surface area contributed by atoms with E-state index in [1.807, 2.05) is 0 Å². The molecule has 0 heterocycles. The van der Waals surface area contributed by atoms with E-state index >= 15 is 0 Å². The third-order valence-corrected chi connectivity index (χ3v) is 2.14. The summed E-state index contributed by atoms with van der Waals surface area (Å²) in [5, 5.41) is 2.28. The van der Waals surface area contributed by atoms with Crippen LogP contribution in [0.1, 0.15) is 6.92 Å². The summed E-state index contributed by atoms with van der Waals surface area (Å²) in [6, 6.07) is 0. The molecule has 2 nitrogen and oxygen atoms in total. The maximum absolute atomic E-state index is 11.0. The van der Waals surface area contributed by atoms with Gasteiger partial charge in [0.15, 0.2) is 9.84 Å². The molecule has 0 aromatic rings. The van der Waals surface area contributed by atoms with Crippen LogP contribution in [0.3, 0.4) is 0 Å². The monoisotopic (exact) mass is 184 g/mol. The minimum Gasteiger partial charge on any atom is -0.220 e. The molecule has 0 saturated heterocycles. The van der Waals surface area contributed by atoms with E-state index in [1.165, 1.54) is 12.2 Å². The Balaban J connectivity index is 4.35. The van der Waals surface area contributed by atoms with Crippen LogP contribution in [0.25, 0.3) is 0 Å². The van der Waals surface area contributed by atoms with Gasteiger partial charge < -0.3 is 0 Å². The second-order valence-corrected chi connectivity index (χ2v) is 3.73. The Morgan fingerprint density at radius 1 is 1.08 bits per heavy atom. The molecule has 0 aliphatic carbocycles. The molecule has 0 atom stereocenters. The van der Waals surface area contributed by atoms with Crippen molar-refractivity contribution in [2.45, 2.75) is 6.92 Å². The van der Waals surface area contributed by atoms with Crippen LogP contribution in [0.5, 0.6) is 0 Å². The van der Waals surface area contributed by atoms with Crippen LogP contribution >= 0.6 is 0 Å². The zero-order valence-electron chi connectivity index (χ0n) is 6.97. The molecule has 12 heavy (non-hydrogen) atoms. The summed E-state index contributed by atoms with van der Waals surface area (Å²) < 4.78 is 21.9. The van der Waals surface area contributed by atoms with Crippen LogP contribution in [0.2, 0.25) is 0 Å². The summed E-state index contributed by atoms with van der Waals surface area (Å²) in [5.74, 6) is 0. The lowest BCUT2D eigenvalue weighted by Gasteiger charge is -1.84. The van der Waals surface area contributed by atoms with Crippen LogP contribution in [0.4, 0.5) is 0 Å². The van der Waals surface area contributed by atoms with E-state index in [-0.39, 0.29) is 0 Å². The van der Waals surface area contributed by atoms with Crippen molar-refractivity contribution < 1.29 is 8.42 Å². The number of rotatable bonds is 4. The standard InChI is InChI=1S/C9H12O2S/c1-3-5-6-7-9-12(10,11)8-4-2/h3-9H,1H2,2H3/b6-5+,8-4+,9-7+. The average molecular weight is 184 g/mol. The lowest BCUT2D eigenvalue weighted by molar-refractivity contribution is 0.612. The molecule has 0 fully saturated rings. The molecule has 0 amide bonds. The molecule has 0 radical (unpaired) electrons. The first-order valence-electron chi connectivity index (χ1n) is 3.46. The van der Waals surface area contributed by atoms with E-state index in [1.54, 1.807) is 25.2 Å². The summed E-state index contributed by atoms with van der Waals surface area (Å²) in [6.07, 6.45) is 7.77. The molecule has 0 aromatic carbocycles. The fourth-order valence-electron chi connectivity index (χ4n) is 0.533. The molecule has 0 N–H and O–H groups in total. The lowest BCUT2D eigenvalue weighted by atomic mass is 10.5. The molecule has 0 rings (SSSR count). The smallest absolute Gasteiger partial charge is 0.192 e. The fraction of sp³-hybridized carbons (Fsp3) is 0.111. The van der Waals surface area contributed by atoms with Gasteiger partial charge in [0.25, 0.3) is 0 Å². The van der Waals surface area contributed by atoms with Crippen LogP contribution in [0, 0.1) is 0 Å². The molecule has 0 saturated carbocycles. The molecule has 66 valence electrons. The Morgan fingerprint density at radius 2 is 1.75 bits per heavy atom. The van der Waals surface area contributed by atoms with Gasteiger partial charge in [-0.2, -0.15) is 0 Å². The highest BCUT2D eigenvalue weighted by Gasteiger charge is 1.94. The van der Waals surface area contributed by atoms with Crippen LogP contribution in [-0.4, -0.2) is 8.42 Å². The largest absolute Gasteiger partial charge is 0.220 e. The summed E-state index contributed by atoms with van der Waals surface area (Å²) in [7, 11) is -3.16. The second-order valence-electron chi connectivity index (χ2n) is 2.01. The third kappa shape index (κ3) is 5.68. The van der Waals surface area contributed by atoms with E-state index in [0.717, 1.165) is 10.8 Å². The van der Waals surface area contributed by atoms with Crippen molar-refractivity contribution in [1.29, 1.82) is 0 Å². The topological polar surface area (TPSA) is 34.1 Å². The Labute approximate surface area is 73.5 Å². The Kier molecular flexibility index (Phi) is 5.04. The Morgan fingerprint density at radius 3 is 2.25 bits per heavy atom. The maximum atomic E-state index is 11.0. The van der Waals surface area contributed by atoms with Gasteiger partial charge in [-0.15, -0.1) is 0 Å². The number of allylic oxidation sites excluding steroid dienone is 5. The number of hydrogen-bond acceptors (Lipinski definition) is 2. The van der Waals surface area contributed by atoms with E-state index in [4.69, 9.17) is 0 Å². The molecule has 0 bridgehead atoms.